The fourth-order valence-electron chi connectivity index (χ4n) is 3.25. The van der Waals surface area contributed by atoms with Crippen LogP contribution >= 0.6 is 0 Å². The van der Waals surface area contributed by atoms with Crippen molar-refractivity contribution in [2.45, 2.75) is 65.4 Å². The first-order valence-corrected chi connectivity index (χ1v) is 11.4. The third-order valence-electron chi connectivity index (χ3n) is 6.22. The molecule has 0 aromatic heterocycles. The molecule has 0 amide bonds. The summed E-state index contributed by atoms with van der Waals surface area (Å²) in [4.78, 5) is 12.9. The average molecular weight is 431 g/mol. The van der Waals surface area contributed by atoms with Gasteiger partial charge in [0.1, 0.15) is 22.8 Å². The van der Waals surface area contributed by atoms with Crippen LogP contribution in [0.2, 0.25) is 0 Å². The van der Waals surface area contributed by atoms with E-state index in [1.54, 1.807) is 0 Å². The van der Waals surface area contributed by atoms with E-state index in [1.165, 1.54) is 5.56 Å². The van der Waals surface area contributed by atoms with Crippen molar-refractivity contribution < 1.29 is 14.3 Å². The highest BCUT2D eigenvalue weighted by atomic mass is 16.5. The number of hydrogen-bond acceptors (Lipinski definition) is 3. The summed E-state index contributed by atoms with van der Waals surface area (Å²) in [7, 11) is 0. The quantitative estimate of drug-likeness (QED) is 0.323. The van der Waals surface area contributed by atoms with Crippen molar-refractivity contribution in [3.8, 4) is 17.2 Å². The van der Waals surface area contributed by atoms with Crippen LogP contribution in [-0.4, -0.2) is 11.4 Å². The van der Waals surface area contributed by atoms with Gasteiger partial charge in [-0.25, -0.2) is 0 Å². The molecule has 0 atom stereocenters. The minimum absolute atomic E-state index is 0.00889. The SMILES string of the molecule is CCC(C)(C)Oc1cccc(Oc2ccc(C(=O)c3ccc(C(C)(C)CC)cc3)cc2)c1. The molecule has 0 spiro atoms. The molecule has 0 aliphatic rings. The molecule has 3 nitrogen and oxygen atoms in total. The first-order chi connectivity index (χ1) is 15.1. The third kappa shape index (κ3) is 5.79. The molecule has 3 heteroatoms. The maximum Gasteiger partial charge on any atom is 0.193 e. The Labute approximate surface area is 192 Å². The standard InChI is InChI=1S/C29H34O3/c1-7-28(3,4)23-16-12-21(13-17-23)27(30)22-14-18-24(19-15-22)31-25-10-9-11-26(20-25)32-29(5,6)8-2/h9-20H,7-8H2,1-6H3. The zero-order valence-corrected chi connectivity index (χ0v) is 20.1. The van der Waals surface area contributed by atoms with Gasteiger partial charge in [0.15, 0.2) is 5.78 Å². The monoisotopic (exact) mass is 430 g/mol. The second-order valence-electron chi connectivity index (χ2n) is 9.46. The smallest absolute Gasteiger partial charge is 0.193 e. The predicted molar refractivity (Wildman–Crippen MR) is 131 cm³/mol. The summed E-state index contributed by atoms with van der Waals surface area (Å²) in [5.41, 5.74) is 2.45. The minimum Gasteiger partial charge on any atom is -0.488 e. The highest BCUT2D eigenvalue weighted by Crippen LogP contribution is 2.29. The average Bonchev–Trinajstić information content (AvgIpc) is 2.79. The van der Waals surface area contributed by atoms with E-state index < -0.39 is 0 Å². The highest BCUT2D eigenvalue weighted by Gasteiger charge is 2.19. The largest absolute Gasteiger partial charge is 0.488 e. The van der Waals surface area contributed by atoms with E-state index in [4.69, 9.17) is 9.47 Å². The molecule has 0 unspecified atom stereocenters. The van der Waals surface area contributed by atoms with Crippen LogP contribution in [0.3, 0.4) is 0 Å². The van der Waals surface area contributed by atoms with E-state index in [1.807, 2.05) is 60.7 Å². The molecular weight excluding hydrogens is 396 g/mol. The summed E-state index contributed by atoms with van der Waals surface area (Å²) in [6.45, 7) is 12.8. The van der Waals surface area contributed by atoms with Crippen molar-refractivity contribution in [1.82, 2.24) is 0 Å². The lowest BCUT2D eigenvalue weighted by Gasteiger charge is -2.25. The molecule has 3 aromatic carbocycles. The molecular formula is C29H34O3. The molecule has 32 heavy (non-hydrogen) atoms. The molecule has 0 radical (unpaired) electrons. The first-order valence-electron chi connectivity index (χ1n) is 11.4. The number of hydrogen-bond donors (Lipinski definition) is 0. The fraction of sp³-hybridized carbons (Fsp3) is 0.345. The molecule has 0 heterocycles. The van der Waals surface area contributed by atoms with Gasteiger partial charge in [0.25, 0.3) is 0 Å². The number of benzene rings is 3. The van der Waals surface area contributed by atoms with Crippen LogP contribution in [0.15, 0.2) is 72.8 Å². The van der Waals surface area contributed by atoms with E-state index in [2.05, 4.69) is 53.7 Å². The molecule has 168 valence electrons. The second-order valence-corrected chi connectivity index (χ2v) is 9.46. The van der Waals surface area contributed by atoms with Gasteiger partial charge in [-0.2, -0.15) is 0 Å². The molecule has 3 aromatic rings. The Morgan fingerprint density at radius 3 is 1.84 bits per heavy atom. The van der Waals surface area contributed by atoms with E-state index in [0.29, 0.717) is 22.6 Å². The maximum atomic E-state index is 12.9. The van der Waals surface area contributed by atoms with E-state index in [0.717, 1.165) is 18.6 Å². The summed E-state index contributed by atoms with van der Waals surface area (Å²) in [5.74, 6) is 2.15. The highest BCUT2D eigenvalue weighted by molar-refractivity contribution is 6.09. The lowest BCUT2D eigenvalue weighted by atomic mass is 9.82. The zero-order valence-electron chi connectivity index (χ0n) is 20.1. The molecule has 0 aliphatic carbocycles. The Morgan fingerprint density at radius 2 is 1.28 bits per heavy atom. The van der Waals surface area contributed by atoms with Crippen LogP contribution in [0.25, 0.3) is 0 Å². The van der Waals surface area contributed by atoms with E-state index >= 15 is 0 Å². The van der Waals surface area contributed by atoms with Crippen molar-refractivity contribution in [2.75, 3.05) is 0 Å². The predicted octanol–water partition coefficient (Wildman–Crippen LogP) is 7.96. The van der Waals surface area contributed by atoms with Gasteiger partial charge in [0, 0.05) is 17.2 Å². The molecule has 3 rings (SSSR count). The van der Waals surface area contributed by atoms with E-state index in [9.17, 15) is 4.79 Å². The number of carbonyl (C=O) groups excluding carboxylic acids is 1. The Hall–Kier alpha value is -3.07. The molecule has 0 N–H and O–H groups in total. The van der Waals surface area contributed by atoms with Crippen molar-refractivity contribution >= 4 is 5.78 Å². The van der Waals surface area contributed by atoms with Crippen LogP contribution in [0.1, 0.15) is 75.9 Å². The molecule has 0 aliphatic heterocycles. The maximum absolute atomic E-state index is 12.9. The molecule has 0 saturated heterocycles. The normalized spacial score (nSPS) is 11.8. The van der Waals surface area contributed by atoms with Crippen LogP contribution in [-0.2, 0) is 5.41 Å². The Kier molecular flexibility index (Phi) is 7.08. The third-order valence-corrected chi connectivity index (χ3v) is 6.22. The first kappa shape index (κ1) is 23.6. The van der Waals surface area contributed by atoms with Crippen molar-refractivity contribution in [3.05, 3.63) is 89.5 Å². The van der Waals surface area contributed by atoms with Gasteiger partial charge in [-0.15, -0.1) is 0 Å². The van der Waals surface area contributed by atoms with Gasteiger partial charge in [-0.05, 0) is 74.1 Å². The number of ketones is 1. The lowest BCUT2D eigenvalue weighted by Crippen LogP contribution is -2.26. The number of rotatable bonds is 9. The van der Waals surface area contributed by atoms with Gasteiger partial charge in [0.2, 0.25) is 0 Å². The van der Waals surface area contributed by atoms with Gasteiger partial charge in [-0.1, -0.05) is 58.0 Å². The molecule has 0 saturated carbocycles. The summed E-state index contributed by atoms with van der Waals surface area (Å²) < 4.78 is 12.0. The van der Waals surface area contributed by atoms with Crippen LogP contribution in [0.5, 0.6) is 17.2 Å². The topological polar surface area (TPSA) is 35.5 Å². The van der Waals surface area contributed by atoms with Crippen LogP contribution < -0.4 is 9.47 Å². The number of ether oxygens (including phenoxy) is 2. The second kappa shape index (κ2) is 9.60. The minimum atomic E-state index is -0.231. The molecule has 0 bridgehead atoms. The van der Waals surface area contributed by atoms with Crippen molar-refractivity contribution in [3.63, 3.8) is 0 Å². The summed E-state index contributed by atoms with van der Waals surface area (Å²) in [6, 6.07) is 22.8. The van der Waals surface area contributed by atoms with E-state index in [-0.39, 0.29) is 16.8 Å². The van der Waals surface area contributed by atoms with Crippen molar-refractivity contribution in [1.29, 1.82) is 0 Å². The Bertz CT molecular complexity index is 1040. The van der Waals surface area contributed by atoms with Gasteiger partial charge in [0.05, 0.1) is 0 Å². The summed E-state index contributed by atoms with van der Waals surface area (Å²) in [6.07, 6.45) is 1.96. The fourth-order valence-corrected chi connectivity index (χ4v) is 3.25. The molecule has 0 fully saturated rings. The zero-order chi connectivity index (χ0) is 23.4. The van der Waals surface area contributed by atoms with Gasteiger partial charge >= 0.3 is 0 Å². The Morgan fingerprint density at radius 1 is 0.719 bits per heavy atom. The Balaban J connectivity index is 1.70. The van der Waals surface area contributed by atoms with Crippen LogP contribution in [0, 0.1) is 0 Å². The summed E-state index contributed by atoms with van der Waals surface area (Å²) in [5, 5.41) is 0. The van der Waals surface area contributed by atoms with Crippen molar-refractivity contribution in [2.24, 2.45) is 0 Å². The van der Waals surface area contributed by atoms with Crippen LogP contribution in [0.4, 0.5) is 0 Å². The number of carbonyl (C=O) groups is 1. The summed E-state index contributed by atoms with van der Waals surface area (Å²) >= 11 is 0. The van der Waals surface area contributed by atoms with Gasteiger partial charge in [-0.3, -0.25) is 4.79 Å². The van der Waals surface area contributed by atoms with Gasteiger partial charge < -0.3 is 9.47 Å². The lowest BCUT2D eigenvalue weighted by molar-refractivity contribution is 0.103.